The summed E-state index contributed by atoms with van der Waals surface area (Å²) < 4.78 is 5.71. The fourth-order valence-corrected chi connectivity index (χ4v) is 2.64. The number of rotatable bonds is 7. The minimum Gasteiger partial charge on any atom is -0.481 e. The molecule has 138 valence electrons. The summed E-state index contributed by atoms with van der Waals surface area (Å²) in [7, 11) is 0. The molecule has 0 aliphatic rings. The molecule has 26 heavy (non-hydrogen) atoms. The molecule has 0 aliphatic carbocycles. The lowest BCUT2D eigenvalue weighted by Crippen LogP contribution is -2.33. The third-order valence-electron chi connectivity index (χ3n) is 4.14. The van der Waals surface area contributed by atoms with Crippen molar-refractivity contribution in [1.82, 2.24) is 4.90 Å². The predicted molar refractivity (Wildman–Crippen MR) is 104 cm³/mol. The summed E-state index contributed by atoms with van der Waals surface area (Å²) >= 11 is 0. The monoisotopic (exact) mass is 354 g/mol. The third-order valence-corrected chi connectivity index (χ3v) is 4.14. The van der Waals surface area contributed by atoms with Gasteiger partial charge < -0.3 is 15.0 Å². The van der Waals surface area contributed by atoms with Crippen molar-refractivity contribution in [3.63, 3.8) is 0 Å². The number of aryl methyl sites for hydroxylation is 1. The van der Waals surface area contributed by atoms with Gasteiger partial charge in [0.15, 0.2) is 6.10 Å². The normalized spacial score (nSPS) is 11.5. The number of anilines is 1. The van der Waals surface area contributed by atoms with Gasteiger partial charge in [-0.15, -0.1) is 0 Å². The highest BCUT2D eigenvalue weighted by Gasteiger charge is 2.20. The van der Waals surface area contributed by atoms with Gasteiger partial charge in [-0.2, -0.15) is 0 Å². The lowest BCUT2D eigenvalue weighted by Gasteiger charge is -2.21. The van der Waals surface area contributed by atoms with E-state index in [9.17, 15) is 9.59 Å². The van der Waals surface area contributed by atoms with Crippen molar-refractivity contribution in [1.29, 1.82) is 0 Å². The van der Waals surface area contributed by atoms with E-state index in [0.717, 1.165) is 5.56 Å². The Morgan fingerprint density at radius 2 is 1.77 bits per heavy atom. The molecule has 0 spiro atoms. The van der Waals surface area contributed by atoms with Crippen molar-refractivity contribution in [3.05, 3.63) is 59.7 Å². The summed E-state index contributed by atoms with van der Waals surface area (Å²) in [5, 5.41) is 2.82. The maximum Gasteiger partial charge on any atom is 0.265 e. The largest absolute Gasteiger partial charge is 0.481 e. The molecule has 0 heterocycles. The number of nitrogens with one attached hydrogen (secondary N) is 1. The molecule has 1 N–H and O–H groups in total. The summed E-state index contributed by atoms with van der Waals surface area (Å²) in [6.45, 7) is 8.74. The van der Waals surface area contributed by atoms with Crippen molar-refractivity contribution >= 4 is 17.5 Å². The van der Waals surface area contributed by atoms with E-state index < -0.39 is 6.10 Å². The van der Waals surface area contributed by atoms with Crippen molar-refractivity contribution in [2.75, 3.05) is 18.4 Å². The Hall–Kier alpha value is -2.82. The van der Waals surface area contributed by atoms with E-state index in [2.05, 4.69) is 5.32 Å². The van der Waals surface area contributed by atoms with E-state index in [1.54, 1.807) is 36.1 Å². The summed E-state index contributed by atoms with van der Waals surface area (Å²) in [4.78, 5) is 26.9. The van der Waals surface area contributed by atoms with Crippen molar-refractivity contribution in [2.24, 2.45) is 0 Å². The maximum atomic E-state index is 12.7. The van der Waals surface area contributed by atoms with Crippen LogP contribution in [0.5, 0.6) is 5.75 Å². The fraction of sp³-hybridized carbons (Fsp3) is 0.333. The van der Waals surface area contributed by atoms with Crippen LogP contribution in [-0.4, -0.2) is 35.9 Å². The Morgan fingerprint density at radius 3 is 2.42 bits per heavy atom. The van der Waals surface area contributed by atoms with Gasteiger partial charge in [0.1, 0.15) is 5.75 Å². The van der Waals surface area contributed by atoms with Crippen LogP contribution < -0.4 is 10.1 Å². The zero-order chi connectivity index (χ0) is 19.1. The number of hydrogen-bond acceptors (Lipinski definition) is 3. The minimum atomic E-state index is -0.687. The first-order valence-corrected chi connectivity index (χ1v) is 8.88. The van der Waals surface area contributed by atoms with Crippen LogP contribution in [0.3, 0.4) is 0 Å². The smallest absolute Gasteiger partial charge is 0.265 e. The summed E-state index contributed by atoms with van der Waals surface area (Å²) in [6.07, 6.45) is -0.687. The molecule has 5 nitrogen and oxygen atoms in total. The lowest BCUT2D eigenvalue weighted by molar-refractivity contribution is -0.122. The zero-order valence-corrected chi connectivity index (χ0v) is 15.8. The molecule has 2 aromatic carbocycles. The quantitative estimate of drug-likeness (QED) is 0.821. The number of benzene rings is 2. The molecule has 2 aromatic rings. The predicted octanol–water partition coefficient (Wildman–Crippen LogP) is 3.88. The second kappa shape index (κ2) is 9.04. The number of hydrogen-bond donors (Lipinski definition) is 1. The van der Waals surface area contributed by atoms with Crippen LogP contribution in [-0.2, 0) is 4.79 Å². The molecule has 0 aliphatic heterocycles. The molecule has 0 aromatic heterocycles. The van der Waals surface area contributed by atoms with E-state index in [1.807, 2.05) is 45.0 Å². The highest BCUT2D eigenvalue weighted by molar-refractivity contribution is 6.04. The number of nitrogens with zero attached hydrogens (tertiary/aromatic N) is 1. The Bertz CT molecular complexity index is 769. The SMILES string of the molecule is CCN(CC)C(=O)c1ccccc1NC(=O)[C@H](C)Oc1cccc(C)c1. The number of ether oxygens (including phenoxy) is 1. The fourth-order valence-electron chi connectivity index (χ4n) is 2.64. The van der Waals surface area contributed by atoms with Crippen LogP contribution in [0.25, 0.3) is 0 Å². The molecule has 2 rings (SSSR count). The van der Waals surface area contributed by atoms with Gasteiger partial charge in [0.05, 0.1) is 11.3 Å². The van der Waals surface area contributed by atoms with Crippen molar-refractivity contribution in [3.8, 4) is 5.75 Å². The van der Waals surface area contributed by atoms with E-state index in [0.29, 0.717) is 30.1 Å². The van der Waals surface area contributed by atoms with Crippen molar-refractivity contribution < 1.29 is 14.3 Å². The van der Waals surface area contributed by atoms with Gasteiger partial charge in [-0.25, -0.2) is 0 Å². The molecule has 1 atom stereocenters. The van der Waals surface area contributed by atoms with Gasteiger partial charge in [0.2, 0.25) is 0 Å². The molecular formula is C21H26N2O3. The number of carbonyl (C=O) groups is 2. The molecule has 0 unspecified atom stereocenters. The zero-order valence-electron chi connectivity index (χ0n) is 15.8. The number of amides is 2. The third kappa shape index (κ3) is 4.85. The Kier molecular flexibility index (Phi) is 6.78. The lowest BCUT2D eigenvalue weighted by atomic mass is 10.1. The number of para-hydroxylation sites is 1. The van der Waals surface area contributed by atoms with E-state index in [4.69, 9.17) is 4.74 Å². The molecule has 5 heteroatoms. The van der Waals surface area contributed by atoms with Gasteiger partial charge in [0, 0.05) is 13.1 Å². The van der Waals surface area contributed by atoms with Crippen LogP contribution in [0, 0.1) is 6.92 Å². The molecule has 0 bridgehead atoms. The van der Waals surface area contributed by atoms with Crippen LogP contribution in [0.15, 0.2) is 48.5 Å². The Balaban J connectivity index is 2.12. The highest BCUT2D eigenvalue weighted by Crippen LogP contribution is 2.19. The molecule has 2 amide bonds. The minimum absolute atomic E-state index is 0.0989. The van der Waals surface area contributed by atoms with Crippen LogP contribution in [0.4, 0.5) is 5.69 Å². The summed E-state index contributed by atoms with van der Waals surface area (Å²) in [5.74, 6) is 0.240. The first kappa shape index (κ1) is 19.5. The standard InChI is InChI=1S/C21H26N2O3/c1-5-23(6-2)21(25)18-12-7-8-13-19(18)22-20(24)16(4)26-17-11-9-10-15(3)14-17/h7-14,16H,5-6H2,1-4H3,(H,22,24)/t16-/m0/s1. The van der Waals surface area contributed by atoms with E-state index >= 15 is 0 Å². The molecule has 0 fully saturated rings. The average molecular weight is 354 g/mol. The van der Waals surface area contributed by atoms with E-state index in [-0.39, 0.29) is 11.8 Å². The highest BCUT2D eigenvalue weighted by atomic mass is 16.5. The van der Waals surface area contributed by atoms with Gasteiger partial charge >= 0.3 is 0 Å². The topological polar surface area (TPSA) is 58.6 Å². The van der Waals surface area contributed by atoms with Crippen molar-refractivity contribution in [2.45, 2.75) is 33.8 Å². The molecule has 0 radical (unpaired) electrons. The van der Waals surface area contributed by atoms with Gasteiger partial charge in [0.25, 0.3) is 11.8 Å². The maximum absolute atomic E-state index is 12.7. The second-order valence-corrected chi connectivity index (χ2v) is 6.09. The first-order chi connectivity index (χ1) is 12.5. The first-order valence-electron chi connectivity index (χ1n) is 8.88. The van der Waals surface area contributed by atoms with E-state index in [1.165, 1.54) is 0 Å². The number of carbonyl (C=O) groups excluding carboxylic acids is 2. The molecule has 0 saturated heterocycles. The average Bonchev–Trinajstić information content (AvgIpc) is 2.63. The van der Waals surface area contributed by atoms with Gasteiger partial charge in [-0.1, -0.05) is 24.3 Å². The molecule has 0 saturated carbocycles. The van der Waals surface area contributed by atoms with Gasteiger partial charge in [-0.05, 0) is 57.5 Å². The second-order valence-electron chi connectivity index (χ2n) is 6.09. The Morgan fingerprint density at radius 1 is 1.08 bits per heavy atom. The Labute approximate surface area is 155 Å². The summed E-state index contributed by atoms with van der Waals surface area (Å²) in [6, 6.07) is 14.6. The van der Waals surface area contributed by atoms with Crippen LogP contribution >= 0.6 is 0 Å². The van der Waals surface area contributed by atoms with Crippen LogP contribution in [0.2, 0.25) is 0 Å². The molecular weight excluding hydrogens is 328 g/mol. The van der Waals surface area contributed by atoms with Gasteiger partial charge in [-0.3, -0.25) is 9.59 Å². The summed E-state index contributed by atoms with van der Waals surface area (Å²) in [5.41, 5.74) is 2.03. The van der Waals surface area contributed by atoms with Crippen LogP contribution in [0.1, 0.15) is 36.7 Å².